The van der Waals surface area contributed by atoms with E-state index in [1.807, 2.05) is 6.92 Å². The fraction of sp³-hybridized carbons (Fsp3) is 0.667. The van der Waals surface area contributed by atoms with E-state index in [9.17, 15) is 9.32 Å². The average molecular weight is 304 g/mol. The molecular weight excluding hydrogens is 286 g/mol. The smallest absolute Gasteiger partial charge is 0.224 e. The molecule has 0 bridgehead atoms. The molecule has 1 aromatic heterocycles. The van der Waals surface area contributed by atoms with Crippen molar-refractivity contribution >= 4 is 28.2 Å². The van der Waals surface area contributed by atoms with E-state index >= 15 is 0 Å². The Morgan fingerprint density at radius 1 is 1.53 bits per heavy atom. The number of hydrogen-bond donors (Lipinski definition) is 2. The van der Waals surface area contributed by atoms with Gasteiger partial charge < -0.3 is 10.4 Å². The summed E-state index contributed by atoms with van der Waals surface area (Å²) in [6.07, 6.45) is 1.59. The quantitative estimate of drug-likeness (QED) is 0.808. The fourth-order valence-electron chi connectivity index (χ4n) is 2.09. The van der Waals surface area contributed by atoms with E-state index in [0.717, 1.165) is 12.1 Å². The molecule has 1 aliphatic rings. The minimum absolute atomic E-state index is 0.00195. The van der Waals surface area contributed by atoms with Gasteiger partial charge in [-0.2, -0.15) is 4.98 Å². The molecule has 1 aromatic rings. The van der Waals surface area contributed by atoms with E-state index in [-0.39, 0.29) is 23.9 Å². The number of halogens is 1. The van der Waals surface area contributed by atoms with Crippen molar-refractivity contribution in [2.45, 2.75) is 37.6 Å². The van der Waals surface area contributed by atoms with Crippen molar-refractivity contribution in [3.8, 4) is 0 Å². The van der Waals surface area contributed by atoms with Gasteiger partial charge in [0.05, 0.1) is 29.1 Å². The molecule has 106 valence electrons. The van der Waals surface area contributed by atoms with Gasteiger partial charge in [-0.25, -0.2) is 4.98 Å². The molecule has 0 saturated heterocycles. The maximum atomic E-state index is 12.0. The lowest BCUT2D eigenvalue weighted by molar-refractivity contribution is 0.240. The minimum atomic E-state index is -1.08. The summed E-state index contributed by atoms with van der Waals surface area (Å²) in [6.45, 7) is 4.11. The summed E-state index contributed by atoms with van der Waals surface area (Å²) in [7, 11) is -1.08. The van der Waals surface area contributed by atoms with Crippen LogP contribution in [0.25, 0.3) is 0 Å². The number of aryl methyl sites for hydroxylation is 1. The molecule has 0 radical (unpaired) electrons. The summed E-state index contributed by atoms with van der Waals surface area (Å²) in [6, 6.07) is -0.127. The maximum Gasteiger partial charge on any atom is 0.224 e. The molecule has 7 heteroatoms. The Balaban J connectivity index is 2.32. The molecule has 0 spiro atoms. The van der Waals surface area contributed by atoms with Crippen LogP contribution in [0.5, 0.6) is 0 Å². The molecular formula is C12H18ClN3O2S. The largest absolute Gasteiger partial charge is 0.394 e. The van der Waals surface area contributed by atoms with Gasteiger partial charge in [-0.05, 0) is 17.5 Å². The monoisotopic (exact) mass is 303 g/mol. The van der Waals surface area contributed by atoms with Crippen LogP contribution in [0.15, 0.2) is 4.90 Å². The summed E-state index contributed by atoms with van der Waals surface area (Å²) in [5, 5.41) is 12.8. The maximum absolute atomic E-state index is 12.0. The number of aromatic nitrogens is 2. The predicted molar refractivity (Wildman–Crippen MR) is 76.0 cm³/mol. The zero-order valence-electron chi connectivity index (χ0n) is 11.0. The molecule has 1 aliphatic heterocycles. The molecule has 5 nitrogen and oxygen atoms in total. The highest BCUT2D eigenvalue weighted by Crippen LogP contribution is 2.29. The second-order valence-electron chi connectivity index (χ2n) is 4.74. The van der Waals surface area contributed by atoms with E-state index in [4.69, 9.17) is 11.6 Å². The van der Waals surface area contributed by atoms with Crippen LogP contribution >= 0.6 is 11.6 Å². The number of anilines is 1. The van der Waals surface area contributed by atoms with Crippen molar-refractivity contribution in [2.24, 2.45) is 5.92 Å². The fourth-order valence-corrected chi connectivity index (χ4v) is 3.59. The highest BCUT2D eigenvalue weighted by Gasteiger charge is 2.27. The molecule has 2 heterocycles. The second kappa shape index (κ2) is 6.15. The number of aliphatic hydroxyl groups is 1. The summed E-state index contributed by atoms with van der Waals surface area (Å²) in [5.74, 6) is 1.35. The number of fused-ring (bicyclic) bond motifs is 1. The number of hydrogen-bond acceptors (Lipinski definition) is 5. The van der Waals surface area contributed by atoms with Crippen molar-refractivity contribution in [1.82, 2.24) is 9.97 Å². The van der Waals surface area contributed by atoms with Crippen LogP contribution in [0.4, 0.5) is 5.82 Å². The zero-order chi connectivity index (χ0) is 14.0. The van der Waals surface area contributed by atoms with Crippen LogP contribution in [-0.2, 0) is 17.2 Å². The highest BCUT2D eigenvalue weighted by atomic mass is 35.5. The Morgan fingerprint density at radius 2 is 2.26 bits per heavy atom. The van der Waals surface area contributed by atoms with Crippen LogP contribution in [-0.4, -0.2) is 37.7 Å². The minimum Gasteiger partial charge on any atom is -0.394 e. The van der Waals surface area contributed by atoms with Crippen molar-refractivity contribution in [3.63, 3.8) is 0 Å². The van der Waals surface area contributed by atoms with E-state index < -0.39 is 10.8 Å². The van der Waals surface area contributed by atoms with Crippen LogP contribution < -0.4 is 5.32 Å². The molecule has 2 unspecified atom stereocenters. The Kier molecular flexibility index (Phi) is 4.76. The number of rotatable bonds is 5. The standard InChI is InChI=1S/C12H18ClN3O2S/c1-3-7(2)9(6-17)14-11-10-8(4-5-19(10)18)15-12(13)16-11/h7,9,17H,3-6H2,1-2H3,(H,14,15,16)/t7?,9-,19?/m0/s1. The first kappa shape index (κ1) is 14.7. The van der Waals surface area contributed by atoms with Crippen LogP contribution in [0.1, 0.15) is 26.0 Å². The Hall–Kier alpha value is -0.720. The molecule has 0 fully saturated rings. The lowest BCUT2D eigenvalue weighted by atomic mass is 10.00. The van der Waals surface area contributed by atoms with Gasteiger partial charge in [0.1, 0.15) is 10.7 Å². The Bertz CT molecular complexity index is 498. The molecule has 0 saturated carbocycles. The third kappa shape index (κ3) is 3.07. The van der Waals surface area contributed by atoms with Gasteiger partial charge in [0, 0.05) is 12.2 Å². The third-order valence-corrected chi connectivity index (χ3v) is 5.14. The molecule has 0 amide bonds. The molecule has 0 aliphatic carbocycles. The lowest BCUT2D eigenvalue weighted by Gasteiger charge is -2.23. The number of nitrogens with one attached hydrogen (secondary N) is 1. The first-order valence-electron chi connectivity index (χ1n) is 6.39. The van der Waals surface area contributed by atoms with Crippen LogP contribution in [0, 0.1) is 5.92 Å². The van der Waals surface area contributed by atoms with Gasteiger partial charge in [0.25, 0.3) is 0 Å². The van der Waals surface area contributed by atoms with Crippen molar-refractivity contribution in [3.05, 3.63) is 11.0 Å². The number of aliphatic hydroxyl groups excluding tert-OH is 1. The normalized spacial score (nSPS) is 20.9. The summed E-state index contributed by atoms with van der Waals surface area (Å²) >= 11 is 5.89. The Labute approximate surface area is 120 Å². The summed E-state index contributed by atoms with van der Waals surface area (Å²) in [5.41, 5.74) is 0.752. The van der Waals surface area contributed by atoms with Gasteiger partial charge in [-0.15, -0.1) is 0 Å². The zero-order valence-corrected chi connectivity index (χ0v) is 12.6. The van der Waals surface area contributed by atoms with E-state index in [2.05, 4.69) is 22.2 Å². The Morgan fingerprint density at radius 3 is 2.89 bits per heavy atom. The van der Waals surface area contributed by atoms with Crippen molar-refractivity contribution in [2.75, 3.05) is 17.7 Å². The average Bonchev–Trinajstić information content (AvgIpc) is 2.76. The van der Waals surface area contributed by atoms with Crippen molar-refractivity contribution < 1.29 is 9.32 Å². The first-order chi connectivity index (χ1) is 9.06. The van der Waals surface area contributed by atoms with Gasteiger partial charge in [-0.1, -0.05) is 20.3 Å². The second-order valence-corrected chi connectivity index (χ2v) is 6.58. The van der Waals surface area contributed by atoms with E-state index in [1.54, 1.807) is 0 Å². The molecule has 3 atom stereocenters. The van der Waals surface area contributed by atoms with Crippen LogP contribution in [0.3, 0.4) is 0 Å². The van der Waals surface area contributed by atoms with E-state index in [0.29, 0.717) is 22.9 Å². The summed E-state index contributed by atoms with van der Waals surface area (Å²) < 4.78 is 12.0. The number of nitrogens with zero attached hydrogens (tertiary/aromatic N) is 2. The van der Waals surface area contributed by atoms with Gasteiger partial charge in [-0.3, -0.25) is 4.21 Å². The molecule has 2 rings (SSSR count). The third-order valence-electron chi connectivity index (χ3n) is 3.51. The topological polar surface area (TPSA) is 75.1 Å². The predicted octanol–water partition coefficient (Wildman–Crippen LogP) is 1.61. The molecule has 0 aromatic carbocycles. The SMILES string of the molecule is CCC(C)[C@H](CO)Nc1nc(Cl)nc2c1S(=O)CC2. The first-order valence-corrected chi connectivity index (χ1v) is 8.08. The van der Waals surface area contributed by atoms with Crippen molar-refractivity contribution in [1.29, 1.82) is 0 Å². The molecule has 2 N–H and O–H groups in total. The van der Waals surface area contributed by atoms with Crippen LogP contribution in [0.2, 0.25) is 5.28 Å². The van der Waals surface area contributed by atoms with Gasteiger partial charge in [0.15, 0.2) is 0 Å². The highest BCUT2D eigenvalue weighted by molar-refractivity contribution is 7.85. The molecule has 19 heavy (non-hydrogen) atoms. The van der Waals surface area contributed by atoms with E-state index in [1.165, 1.54) is 0 Å². The van der Waals surface area contributed by atoms with Gasteiger partial charge >= 0.3 is 0 Å². The summed E-state index contributed by atoms with van der Waals surface area (Å²) in [4.78, 5) is 8.90. The lowest BCUT2D eigenvalue weighted by Crippen LogP contribution is -2.31. The van der Waals surface area contributed by atoms with Gasteiger partial charge in [0.2, 0.25) is 5.28 Å².